The van der Waals surface area contributed by atoms with Gasteiger partial charge < -0.3 is 10.2 Å². The molecule has 2 heterocycles. The maximum absolute atomic E-state index is 13.1. The topological polar surface area (TPSA) is 80.1 Å². The highest BCUT2D eigenvalue weighted by atomic mass is 32.2. The number of hydrogen-bond donors (Lipinski definition) is 1. The molecule has 0 radical (unpaired) electrons. The molecule has 160 valence electrons. The predicted molar refractivity (Wildman–Crippen MR) is 121 cm³/mol. The molecule has 0 spiro atoms. The predicted octanol–water partition coefficient (Wildman–Crippen LogP) is 3.82. The van der Waals surface area contributed by atoms with Gasteiger partial charge in [-0.3, -0.25) is 14.2 Å². The number of thioether (sulfide) groups is 1. The Morgan fingerprint density at radius 3 is 2.55 bits per heavy atom. The zero-order valence-corrected chi connectivity index (χ0v) is 19.4. The van der Waals surface area contributed by atoms with Crippen molar-refractivity contribution in [2.24, 2.45) is 0 Å². The first-order chi connectivity index (χ1) is 13.9. The fraction of sp³-hybridized carbons (Fsp3) is 0.700. The standard InChI is InChI=1S/C20H31N5O2S2/c1-5-24(6-2)19-22-17-16(29-19)18(27)25(13(3)4)20(23-17)28-12-15(26)21-14-10-8-7-9-11-14/h13-14H,5-12H2,1-4H3,(H,21,26). The number of carbonyl (C=O) groups excluding carboxylic acids is 1. The smallest absolute Gasteiger partial charge is 0.274 e. The largest absolute Gasteiger partial charge is 0.353 e. The number of anilines is 1. The van der Waals surface area contributed by atoms with Crippen LogP contribution in [0.1, 0.15) is 65.8 Å². The summed E-state index contributed by atoms with van der Waals surface area (Å²) >= 11 is 2.72. The number of amides is 1. The quantitative estimate of drug-likeness (QED) is 0.499. The van der Waals surface area contributed by atoms with Crippen molar-refractivity contribution in [2.75, 3.05) is 23.7 Å². The van der Waals surface area contributed by atoms with E-state index < -0.39 is 0 Å². The van der Waals surface area contributed by atoms with Crippen LogP contribution in [0.15, 0.2) is 9.95 Å². The summed E-state index contributed by atoms with van der Waals surface area (Å²) in [6.45, 7) is 9.74. The number of thiazole rings is 1. The molecule has 0 atom stereocenters. The molecule has 1 fully saturated rings. The molecule has 0 aromatic carbocycles. The fourth-order valence-electron chi connectivity index (χ4n) is 3.69. The van der Waals surface area contributed by atoms with E-state index in [2.05, 4.69) is 34.0 Å². The highest BCUT2D eigenvalue weighted by Gasteiger charge is 2.21. The van der Waals surface area contributed by atoms with Gasteiger partial charge in [-0.2, -0.15) is 4.98 Å². The lowest BCUT2D eigenvalue weighted by molar-refractivity contribution is -0.119. The van der Waals surface area contributed by atoms with Crippen molar-refractivity contribution in [2.45, 2.75) is 77.0 Å². The molecule has 0 aliphatic heterocycles. The molecule has 0 bridgehead atoms. The van der Waals surface area contributed by atoms with Crippen molar-refractivity contribution in [1.29, 1.82) is 0 Å². The molecule has 1 N–H and O–H groups in total. The van der Waals surface area contributed by atoms with Crippen LogP contribution in [0.3, 0.4) is 0 Å². The molecular weight excluding hydrogens is 406 g/mol. The summed E-state index contributed by atoms with van der Waals surface area (Å²) in [5.74, 6) is 0.266. The van der Waals surface area contributed by atoms with E-state index in [0.29, 0.717) is 15.5 Å². The van der Waals surface area contributed by atoms with Gasteiger partial charge in [0.15, 0.2) is 15.9 Å². The Balaban J connectivity index is 1.82. The van der Waals surface area contributed by atoms with Crippen molar-refractivity contribution in [3.8, 4) is 0 Å². The molecule has 3 rings (SSSR count). The number of carbonyl (C=O) groups is 1. The van der Waals surface area contributed by atoms with Crippen LogP contribution in [-0.2, 0) is 4.79 Å². The van der Waals surface area contributed by atoms with E-state index in [1.807, 2.05) is 13.8 Å². The van der Waals surface area contributed by atoms with Crippen LogP contribution in [0.4, 0.5) is 5.13 Å². The van der Waals surface area contributed by atoms with Crippen LogP contribution in [0.5, 0.6) is 0 Å². The molecule has 1 amide bonds. The molecule has 29 heavy (non-hydrogen) atoms. The van der Waals surface area contributed by atoms with Crippen LogP contribution in [0.25, 0.3) is 10.3 Å². The maximum atomic E-state index is 13.1. The summed E-state index contributed by atoms with van der Waals surface area (Å²) in [6, 6.07) is 0.247. The molecule has 2 aromatic rings. The summed E-state index contributed by atoms with van der Waals surface area (Å²) < 4.78 is 2.27. The lowest BCUT2D eigenvalue weighted by atomic mass is 9.95. The number of fused-ring (bicyclic) bond motifs is 1. The first kappa shape index (κ1) is 22.1. The second-order valence-corrected chi connectivity index (χ2v) is 9.60. The van der Waals surface area contributed by atoms with Gasteiger partial charge in [-0.25, -0.2) is 4.98 Å². The molecule has 2 aromatic heterocycles. The van der Waals surface area contributed by atoms with Gasteiger partial charge in [-0.15, -0.1) is 0 Å². The summed E-state index contributed by atoms with van der Waals surface area (Å²) in [6.07, 6.45) is 5.74. The third kappa shape index (κ3) is 5.12. The minimum atomic E-state index is -0.0731. The van der Waals surface area contributed by atoms with Gasteiger partial charge in [0.05, 0.1) is 5.75 Å². The molecular formula is C20H31N5O2S2. The van der Waals surface area contributed by atoms with E-state index in [9.17, 15) is 9.59 Å². The van der Waals surface area contributed by atoms with Crippen molar-refractivity contribution in [3.05, 3.63) is 10.4 Å². The van der Waals surface area contributed by atoms with E-state index in [0.717, 1.165) is 31.1 Å². The Kier molecular flexibility index (Phi) is 7.56. The van der Waals surface area contributed by atoms with E-state index in [-0.39, 0.29) is 29.3 Å². The van der Waals surface area contributed by atoms with Crippen LogP contribution < -0.4 is 15.8 Å². The zero-order chi connectivity index (χ0) is 21.0. The van der Waals surface area contributed by atoms with Crippen LogP contribution in [0.2, 0.25) is 0 Å². The first-order valence-electron chi connectivity index (χ1n) is 10.5. The molecule has 1 aliphatic rings. The van der Waals surface area contributed by atoms with Gasteiger partial charge in [0, 0.05) is 25.2 Å². The van der Waals surface area contributed by atoms with Gasteiger partial charge >= 0.3 is 0 Å². The van der Waals surface area contributed by atoms with Crippen molar-refractivity contribution >= 4 is 44.5 Å². The first-order valence-corrected chi connectivity index (χ1v) is 12.3. The Morgan fingerprint density at radius 2 is 1.93 bits per heavy atom. The second-order valence-electron chi connectivity index (χ2n) is 7.68. The van der Waals surface area contributed by atoms with Crippen molar-refractivity contribution < 1.29 is 4.79 Å². The second kappa shape index (κ2) is 9.93. The average Bonchev–Trinajstić information content (AvgIpc) is 3.12. The molecule has 1 aliphatic carbocycles. The van der Waals surface area contributed by atoms with Crippen molar-refractivity contribution in [3.63, 3.8) is 0 Å². The van der Waals surface area contributed by atoms with Gasteiger partial charge in [0.1, 0.15) is 4.70 Å². The summed E-state index contributed by atoms with van der Waals surface area (Å²) in [4.78, 5) is 36.9. The summed E-state index contributed by atoms with van der Waals surface area (Å²) in [7, 11) is 0. The van der Waals surface area contributed by atoms with Crippen LogP contribution in [0, 0.1) is 0 Å². The Labute approximate surface area is 180 Å². The van der Waals surface area contributed by atoms with Crippen LogP contribution >= 0.6 is 23.1 Å². The summed E-state index contributed by atoms with van der Waals surface area (Å²) in [5.41, 5.74) is 0.407. The van der Waals surface area contributed by atoms with Gasteiger partial charge in [0.25, 0.3) is 5.56 Å². The summed E-state index contributed by atoms with van der Waals surface area (Å²) in [5, 5.41) is 4.51. The fourth-order valence-corrected chi connectivity index (χ4v) is 5.69. The number of nitrogens with zero attached hydrogens (tertiary/aromatic N) is 4. The number of nitrogens with one attached hydrogen (secondary N) is 1. The lowest BCUT2D eigenvalue weighted by Crippen LogP contribution is -2.37. The lowest BCUT2D eigenvalue weighted by Gasteiger charge is -2.22. The highest BCUT2D eigenvalue weighted by Crippen LogP contribution is 2.28. The molecule has 0 saturated heterocycles. The van der Waals surface area contributed by atoms with E-state index in [4.69, 9.17) is 0 Å². The Hall–Kier alpha value is -1.61. The highest BCUT2D eigenvalue weighted by molar-refractivity contribution is 7.99. The van der Waals surface area contributed by atoms with Crippen molar-refractivity contribution in [1.82, 2.24) is 19.9 Å². The number of hydrogen-bond acceptors (Lipinski definition) is 7. The Morgan fingerprint density at radius 1 is 1.24 bits per heavy atom. The van der Waals surface area contributed by atoms with E-state index >= 15 is 0 Å². The Bertz CT molecular complexity index is 898. The van der Waals surface area contributed by atoms with Gasteiger partial charge in [-0.05, 0) is 40.5 Å². The van der Waals surface area contributed by atoms with E-state index in [1.165, 1.54) is 42.4 Å². The third-order valence-electron chi connectivity index (χ3n) is 5.27. The maximum Gasteiger partial charge on any atom is 0.274 e. The average molecular weight is 438 g/mol. The van der Waals surface area contributed by atoms with Gasteiger partial charge in [0.2, 0.25) is 5.91 Å². The van der Waals surface area contributed by atoms with Gasteiger partial charge in [-0.1, -0.05) is 42.4 Å². The number of rotatable bonds is 8. The molecule has 0 unspecified atom stereocenters. The minimum absolute atomic E-state index is 0.00802. The van der Waals surface area contributed by atoms with Crippen LogP contribution in [-0.4, -0.2) is 45.3 Å². The minimum Gasteiger partial charge on any atom is -0.353 e. The van der Waals surface area contributed by atoms with E-state index in [1.54, 1.807) is 4.57 Å². The number of aromatic nitrogens is 3. The molecule has 7 nitrogen and oxygen atoms in total. The zero-order valence-electron chi connectivity index (χ0n) is 17.7. The third-order valence-corrected chi connectivity index (χ3v) is 7.32. The molecule has 9 heteroatoms. The normalized spacial score (nSPS) is 15.2. The monoisotopic (exact) mass is 437 g/mol. The molecule has 1 saturated carbocycles. The SMILES string of the molecule is CCN(CC)c1nc2nc(SCC(=O)NC3CCCCC3)n(C(C)C)c(=O)c2s1.